The predicted molar refractivity (Wildman–Crippen MR) is 78.1 cm³/mol. The van der Waals surface area contributed by atoms with E-state index in [1.165, 1.54) is 29.9 Å². The average molecular weight is 242 g/mol. The molecule has 2 nitrogen and oxygen atoms in total. The Hall–Kier alpha value is -1.28. The highest BCUT2D eigenvalue weighted by atomic mass is 15.3. The van der Waals surface area contributed by atoms with Crippen molar-refractivity contribution in [1.82, 2.24) is 4.90 Å². The first-order chi connectivity index (χ1) is 8.75. The summed E-state index contributed by atoms with van der Waals surface area (Å²) >= 11 is 0. The highest BCUT2D eigenvalue weighted by Crippen LogP contribution is 2.30. The number of hydrogen-bond acceptors (Lipinski definition) is 2. The molecule has 1 aromatic carbocycles. The monoisotopic (exact) mass is 242 g/mol. The summed E-state index contributed by atoms with van der Waals surface area (Å²) in [7, 11) is 0. The molecule has 0 radical (unpaired) electrons. The van der Waals surface area contributed by atoms with Crippen molar-refractivity contribution in [3.63, 3.8) is 0 Å². The van der Waals surface area contributed by atoms with E-state index in [0.717, 1.165) is 19.5 Å². The lowest BCUT2D eigenvalue weighted by Crippen LogP contribution is -2.49. The summed E-state index contributed by atoms with van der Waals surface area (Å²) in [5, 5.41) is 0. The maximum absolute atomic E-state index is 2.56. The molecular weight excluding hydrogens is 220 g/mol. The van der Waals surface area contributed by atoms with E-state index in [1.54, 1.807) is 0 Å². The first-order valence-corrected chi connectivity index (χ1v) is 7.03. The molecule has 1 aliphatic carbocycles. The summed E-state index contributed by atoms with van der Waals surface area (Å²) < 4.78 is 0. The van der Waals surface area contributed by atoms with Crippen molar-refractivity contribution in [3.05, 3.63) is 35.4 Å². The van der Waals surface area contributed by atoms with Crippen LogP contribution in [0.3, 0.4) is 0 Å². The number of benzene rings is 1. The fourth-order valence-electron chi connectivity index (χ4n) is 3.03. The van der Waals surface area contributed by atoms with Crippen LogP contribution in [0.5, 0.6) is 0 Å². The molecule has 18 heavy (non-hydrogen) atoms. The van der Waals surface area contributed by atoms with Crippen molar-refractivity contribution in [2.75, 3.05) is 31.1 Å². The number of piperazine rings is 1. The molecule has 0 saturated carbocycles. The molecule has 1 heterocycles. The Morgan fingerprint density at radius 1 is 1.06 bits per heavy atom. The summed E-state index contributed by atoms with van der Waals surface area (Å²) in [4.78, 5) is 5.11. The van der Waals surface area contributed by atoms with E-state index in [0.29, 0.717) is 6.04 Å². The summed E-state index contributed by atoms with van der Waals surface area (Å²) in [6.07, 6.45) is 5.67. The second-order valence-corrected chi connectivity index (χ2v) is 5.57. The van der Waals surface area contributed by atoms with Crippen LogP contribution in [-0.4, -0.2) is 37.1 Å². The van der Waals surface area contributed by atoms with Gasteiger partial charge in [0.05, 0.1) is 0 Å². The number of fused-ring (bicyclic) bond motifs is 1. The zero-order chi connectivity index (χ0) is 12.5. The van der Waals surface area contributed by atoms with Crippen LogP contribution in [0.1, 0.15) is 25.0 Å². The van der Waals surface area contributed by atoms with Gasteiger partial charge in [0.1, 0.15) is 0 Å². The van der Waals surface area contributed by atoms with Gasteiger partial charge in [0.15, 0.2) is 0 Å². The van der Waals surface area contributed by atoms with Gasteiger partial charge in [0.25, 0.3) is 0 Å². The van der Waals surface area contributed by atoms with Gasteiger partial charge >= 0.3 is 0 Å². The summed E-state index contributed by atoms with van der Waals surface area (Å²) in [5.74, 6) is 0. The largest absolute Gasteiger partial charge is 0.368 e. The van der Waals surface area contributed by atoms with E-state index in [2.05, 4.69) is 54.0 Å². The lowest BCUT2D eigenvalue weighted by Gasteiger charge is -2.38. The fraction of sp³-hybridized carbons (Fsp3) is 0.500. The van der Waals surface area contributed by atoms with Crippen LogP contribution in [-0.2, 0) is 6.42 Å². The molecule has 0 amide bonds. The van der Waals surface area contributed by atoms with E-state index < -0.39 is 0 Å². The van der Waals surface area contributed by atoms with Crippen molar-refractivity contribution in [3.8, 4) is 0 Å². The molecule has 0 unspecified atom stereocenters. The molecular formula is C16H22N2. The molecule has 0 spiro atoms. The zero-order valence-electron chi connectivity index (χ0n) is 11.4. The van der Waals surface area contributed by atoms with Gasteiger partial charge in [0, 0.05) is 43.5 Å². The minimum Gasteiger partial charge on any atom is -0.368 e. The smallest absolute Gasteiger partial charge is 0.0443 e. The topological polar surface area (TPSA) is 6.48 Å². The Bertz CT molecular complexity index is 454. The van der Waals surface area contributed by atoms with Gasteiger partial charge in [-0.05, 0) is 31.9 Å². The number of anilines is 1. The predicted octanol–water partition coefficient (Wildman–Crippen LogP) is 2.79. The Morgan fingerprint density at radius 2 is 1.83 bits per heavy atom. The second kappa shape index (κ2) is 4.77. The summed E-state index contributed by atoms with van der Waals surface area (Å²) in [6, 6.07) is 7.41. The normalized spacial score (nSPS) is 19.6. The lowest BCUT2D eigenvalue weighted by atomic mass is 10.1. The van der Waals surface area contributed by atoms with Gasteiger partial charge in [-0.15, -0.1) is 0 Å². The van der Waals surface area contributed by atoms with Crippen LogP contribution in [0.4, 0.5) is 5.69 Å². The van der Waals surface area contributed by atoms with Gasteiger partial charge < -0.3 is 4.90 Å². The van der Waals surface area contributed by atoms with Crippen LogP contribution >= 0.6 is 0 Å². The molecule has 1 aromatic rings. The third-order valence-corrected chi connectivity index (χ3v) is 4.18. The quantitative estimate of drug-likeness (QED) is 0.787. The maximum atomic E-state index is 2.56. The standard InChI is InChI=1S/C16H22N2/c1-13(2)17-9-11-18(12-10-17)16-8-4-6-14-5-3-7-15(14)16/h3-4,6-8,13H,5,9-12H2,1-2H3. The van der Waals surface area contributed by atoms with Crippen molar-refractivity contribution in [1.29, 1.82) is 0 Å². The molecule has 0 bridgehead atoms. The Morgan fingerprint density at radius 3 is 2.56 bits per heavy atom. The molecule has 3 rings (SSSR count). The molecule has 1 aliphatic heterocycles. The van der Waals surface area contributed by atoms with Crippen LogP contribution in [0.15, 0.2) is 24.3 Å². The summed E-state index contributed by atoms with van der Waals surface area (Å²) in [5.41, 5.74) is 4.37. The average Bonchev–Trinajstić information content (AvgIpc) is 2.87. The first-order valence-electron chi connectivity index (χ1n) is 7.03. The van der Waals surface area contributed by atoms with Crippen molar-refractivity contribution in [2.45, 2.75) is 26.3 Å². The number of hydrogen-bond donors (Lipinski definition) is 0. The number of allylic oxidation sites excluding steroid dienone is 1. The minimum atomic E-state index is 0.675. The molecule has 0 atom stereocenters. The van der Waals surface area contributed by atoms with Crippen molar-refractivity contribution in [2.24, 2.45) is 0 Å². The van der Waals surface area contributed by atoms with Crippen molar-refractivity contribution >= 4 is 11.8 Å². The number of rotatable bonds is 2. The van der Waals surface area contributed by atoms with Gasteiger partial charge in [0.2, 0.25) is 0 Å². The van der Waals surface area contributed by atoms with Gasteiger partial charge in [-0.2, -0.15) is 0 Å². The van der Waals surface area contributed by atoms with Crippen LogP contribution < -0.4 is 4.90 Å². The number of nitrogens with zero attached hydrogens (tertiary/aromatic N) is 2. The second-order valence-electron chi connectivity index (χ2n) is 5.57. The molecule has 1 fully saturated rings. The molecule has 2 heteroatoms. The fourth-order valence-corrected chi connectivity index (χ4v) is 3.03. The van der Waals surface area contributed by atoms with E-state index in [4.69, 9.17) is 0 Å². The minimum absolute atomic E-state index is 0.675. The first kappa shape index (κ1) is 11.8. The Kier molecular flexibility index (Phi) is 3.13. The highest BCUT2D eigenvalue weighted by Gasteiger charge is 2.21. The van der Waals surface area contributed by atoms with Crippen LogP contribution in [0.25, 0.3) is 6.08 Å². The van der Waals surface area contributed by atoms with Gasteiger partial charge in [-0.25, -0.2) is 0 Å². The SMILES string of the molecule is CC(C)N1CCN(c2cccc3c2C=CC3)CC1. The maximum Gasteiger partial charge on any atom is 0.0443 e. The molecule has 1 saturated heterocycles. The zero-order valence-corrected chi connectivity index (χ0v) is 11.4. The molecule has 2 aliphatic rings. The Balaban J connectivity index is 1.77. The lowest BCUT2D eigenvalue weighted by molar-refractivity contribution is 0.209. The molecule has 96 valence electrons. The van der Waals surface area contributed by atoms with E-state index in [-0.39, 0.29) is 0 Å². The van der Waals surface area contributed by atoms with E-state index >= 15 is 0 Å². The van der Waals surface area contributed by atoms with Gasteiger partial charge in [-0.3, -0.25) is 4.90 Å². The third kappa shape index (κ3) is 2.05. The Labute approximate surface area is 110 Å². The van der Waals surface area contributed by atoms with Gasteiger partial charge in [-0.1, -0.05) is 24.3 Å². The van der Waals surface area contributed by atoms with E-state index in [9.17, 15) is 0 Å². The molecule has 0 N–H and O–H groups in total. The molecule has 0 aromatic heterocycles. The third-order valence-electron chi connectivity index (χ3n) is 4.18. The van der Waals surface area contributed by atoms with E-state index in [1.807, 2.05) is 0 Å². The highest BCUT2D eigenvalue weighted by molar-refractivity contribution is 5.74. The van der Waals surface area contributed by atoms with Crippen LogP contribution in [0, 0.1) is 0 Å². The van der Waals surface area contributed by atoms with Crippen molar-refractivity contribution < 1.29 is 0 Å². The summed E-state index contributed by atoms with van der Waals surface area (Å²) in [6.45, 7) is 9.26. The van der Waals surface area contributed by atoms with Crippen LogP contribution in [0.2, 0.25) is 0 Å².